The molecule has 0 bridgehead atoms. The second kappa shape index (κ2) is 4.69. The van der Waals surface area contributed by atoms with Gasteiger partial charge in [-0.15, -0.1) is 0 Å². The zero-order chi connectivity index (χ0) is 14.3. The molecule has 5 heteroatoms. The van der Waals surface area contributed by atoms with Gasteiger partial charge < -0.3 is 9.42 Å². The molecule has 0 radical (unpaired) electrons. The molecule has 5 nitrogen and oxygen atoms in total. The summed E-state index contributed by atoms with van der Waals surface area (Å²) in [5, 5.41) is 3.90. The van der Waals surface area contributed by atoms with Gasteiger partial charge in [-0.3, -0.25) is 4.79 Å². The molecule has 1 amide bonds. The molecule has 2 heterocycles. The number of amides is 1. The molecule has 21 heavy (non-hydrogen) atoms. The summed E-state index contributed by atoms with van der Waals surface area (Å²) in [6.07, 6.45) is 4.18. The standard InChI is InChI=1S/C16H17N3O2/c20-15(16(7-8-16)13-4-2-1-3-5-13)19-9-6-12(10-19)14-17-11-21-18-14/h1-5,11-12H,6-10H2. The average molecular weight is 283 g/mol. The Balaban J connectivity index is 1.52. The molecular formula is C16H17N3O2. The maximum absolute atomic E-state index is 12.9. The fraction of sp³-hybridized carbons (Fsp3) is 0.438. The fourth-order valence-corrected chi connectivity index (χ4v) is 3.33. The Morgan fingerprint density at radius 3 is 2.76 bits per heavy atom. The molecule has 108 valence electrons. The SMILES string of the molecule is O=C(N1CCC(c2ncon2)C1)C1(c2ccccc2)CC1. The molecule has 2 aromatic rings. The van der Waals surface area contributed by atoms with Crippen LogP contribution in [0.4, 0.5) is 0 Å². The van der Waals surface area contributed by atoms with E-state index in [1.807, 2.05) is 23.1 Å². The second-order valence-electron chi connectivity index (χ2n) is 5.97. The highest BCUT2D eigenvalue weighted by Crippen LogP contribution is 2.50. The lowest BCUT2D eigenvalue weighted by Crippen LogP contribution is -2.37. The fourth-order valence-electron chi connectivity index (χ4n) is 3.33. The quantitative estimate of drug-likeness (QED) is 0.865. The first-order valence-electron chi connectivity index (χ1n) is 7.41. The van der Waals surface area contributed by atoms with Crippen molar-refractivity contribution in [2.45, 2.75) is 30.6 Å². The molecule has 1 atom stereocenters. The molecule has 1 saturated carbocycles. The molecule has 2 fully saturated rings. The van der Waals surface area contributed by atoms with E-state index >= 15 is 0 Å². The van der Waals surface area contributed by atoms with Gasteiger partial charge in [0.2, 0.25) is 12.3 Å². The third kappa shape index (κ3) is 2.04. The number of carbonyl (C=O) groups excluding carboxylic acids is 1. The Hall–Kier alpha value is -2.17. The van der Waals surface area contributed by atoms with E-state index in [0.29, 0.717) is 6.54 Å². The third-order valence-corrected chi connectivity index (χ3v) is 4.70. The van der Waals surface area contributed by atoms with Gasteiger partial charge in [0.1, 0.15) is 0 Å². The molecule has 1 aliphatic heterocycles. The molecule has 0 spiro atoms. The smallest absolute Gasteiger partial charge is 0.233 e. The van der Waals surface area contributed by atoms with Crippen molar-refractivity contribution in [3.8, 4) is 0 Å². The first-order chi connectivity index (χ1) is 10.3. The summed E-state index contributed by atoms with van der Waals surface area (Å²) in [5.74, 6) is 1.19. The van der Waals surface area contributed by atoms with Crippen LogP contribution in [-0.4, -0.2) is 34.0 Å². The van der Waals surface area contributed by atoms with E-state index in [1.54, 1.807) is 0 Å². The Labute approximate surface area is 123 Å². The molecule has 1 saturated heterocycles. The highest BCUT2D eigenvalue weighted by Gasteiger charge is 2.53. The van der Waals surface area contributed by atoms with E-state index in [9.17, 15) is 4.79 Å². The molecule has 1 aliphatic carbocycles. The number of benzene rings is 1. The minimum atomic E-state index is -0.270. The molecule has 1 aromatic carbocycles. The lowest BCUT2D eigenvalue weighted by Gasteiger charge is -2.23. The van der Waals surface area contributed by atoms with Gasteiger partial charge in [-0.2, -0.15) is 4.98 Å². The molecule has 2 aliphatic rings. The van der Waals surface area contributed by atoms with Crippen molar-refractivity contribution in [3.63, 3.8) is 0 Å². The normalized spacial score (nSPS) is 23.2. The van der Waals surface area contributed by atoms with Crippen LogP contribution in [0.2, 0.25) is 0 Å². The number of likely N-dealkylation sites (tertiary alicyclic amines) is 1. The van der Waals surface area contributed by atoms with Gasteiger partial charge in [-0.05, 0) is 24.8 Å². The summed E-state index contributed by atoms with van der Waals surface area (Å²) in [4.78, 5) is 19.0. The van der Waals surface area contributed by atoms with Gasteiger partial charge in [-0.25, -0.2) is 0 Å². The largest absolute Gasteiger partial charge is 0.343 e. The Bertz CT molecular complexity index is 635. The highest BCUT2D eigenvalue weighted by atomic mass is 16.5. The van der Waals surface area contributed by atoms with Crippen LogP contribution in [0.25, 0.3) is 0 Å². The van der Waals surface area contributed by atoms with Crippen LogP contribution in [0.3, 0.4) is 0 Å². The van der Waals surface area contributed by atoms with Gasteiger partial charge in [-0.1, -0.05) is 35.5 Å². The number of carbonyl (C=O) groups is 1. The monoisotopic (exact) mass is 283 g/mol. The van der Waals surface area contributed by atoms with Crippen LogP contribution < -0.4 is 0 Å². The van der Waals surface area contributed by atoms with Gasteiger partial charge in [0, 0.05) is 19.0 Å². The van der Waals surface area contributed by atoms with E-state index in [-0.39, 0.29) is 17.2 Å². The molecule has 4 rings (SSSR count). The van der Waals surface area contributed by atoms with E-state index in [4.69, 9.17) is 4.52 Å². The van der Waals surface area contributed by atoms with Crippen molar-refractivity contribution in [2.24, 2.45) is 0 Å². The van der Waals surface area contributed by atoms with E-state index < -0.39 is 0 Å². The van der Waals surface area contributed by atoms with Crippen LogP contribution in [0.5, 0.6) is 0 Å². The maximum atomic E-state index is 12.9. The first kappa shape index (κ1) is 12.6. The van der Waals surface area contributed by atoms with Crippen molar-refractivity contribution in [2.75, 3.05) is 13.1 Å². The van der Waals surface area contributed by atoms with Crippen LogP contribution >= 0.6 is 0 Å². The number of nitrogens with zero attached hydrogens (tertiary/aromatic N) is 3. The Morgan fingerprint density at radius 2 is 2.10 bits per heavy atom. The topological polar surface area (TPSA) is 59.2 Å². The summed E-state index contributed by atoms with van der Waals surface area (Å²) >= 11 is 0. The number of hydrogen-bond donors (Lipinski definition) is 0. The van der Waals surface area contributed by atoms with Crippen molar-refractivity contribution < 1.29 is 9.32 Å². The van der Waals surface area contributed by atoms with Gasteiger partial charge in [0.15, 0.2) is 5.82 Å². The van der Waals surface area contributed by atoms with Crippen molar-refractivity contribution in [1.29, 1.82) is 0 Å². The lowest BCUT2D eigenvalue weighted by atomic mass is 9.94. The third-order valence-electron chi connectivity index (χ3n) is 4.70. The summed E-state index contributed by atoms with van der Waals surface area (Å²) in [5.41, 5.74) is 0.881. The van der Waals surface area contributed by atoms with Crippen LogP contribution in [0, 0.1) is 0 Å². The Morgan fingerprint density at radius 1 is 1.29 bits per heavy atom. The van der Waals surface area contributed by atoms with Crippen LogP contribution in [-0.2, 0) is 10.2 Å². The highest BCUT2D eigenvalue weighted by molar-refractivity contribution is 5.91. The first-order valence-corrected chi connectivity index (χ1v) is 7.41. The maximum Gasteiger partial charge on any atom is 0.233 e. The summed E-state index contributed by atoms with van der Waals surface area (Å²) in [6, 6.07) is 10.1. The molecular weight excluding hydrogens is 266 g/mol. The van der Waals surface area contributed by atoms with Crippen LogP contribution in [0.15, 0.2) is 41.2 Å². The van der Waals surface area contributed by atoms with Gasteiger partial charge in [0.25, 0.3) is 0 Å². The number of aromatic nitrogens is 2. The van der Waals surface area contributed by atoms with Crippen molar-refractivity contribution in [3.05, 3.63) is 48.1 Å². The van der Waals surface area contributed by atoms with Crippen LogP contribution in [0.1, 0.15) is 36.6 Å². The van der Waals surface area contributed by atoms with E-state index in [0.717, 1.165) is 37.2 Å². The minimum absolute atomic E-state index is 0.208. The van der Waals surface area contributed by atoms with Crippen molar-refractivity contribution in [1.82, 2.24) is 15.0 Å². The molecule has 0 N–H and O–H groups in total. The predicted molar refractivity (Wildman–Crippen MR) is 75.6 cm³/mol. The Kier molecular flexibility index (Phi) is 2.80. The molecule has 1 aromatic heterocycles. The number of rotatable bonds is 3. The van der Waals surface area contributed by atoms with Gasteiger partial charge in [0.05, 0.1) is 5.41 Å². The average Bonchev–Trinajstić information content (AvgIpc) is 2.95. The second-order valence-corrected chi connectivity index (χ2v) is 5.97. The number of hydrogen-bond acceptors (Lipinski definition) is 4. The van der Waals surface area contributed by atoms with E-state index in [1.165, 1.54) is 6.39 Å². The lowest BCUT2D eigenvalue weighted by molar-refractivity contribution is -0.132. The summed E-state index contributed by atoms with van der Waals surface area (Å²) < 4.78 is 4.81. The predicted octanol–water partition coefficient (Wildman–Crippen LogP) is 2.12. The van der Waals surface area contributed by atoms with E-state index in [2.05, 4.69) is 22.3 Å². The molecule has 1 unspecified atom stereocenters. The van der Waals surface area contributed by atoms with Crippen molar-refractivity contribution >= 4 is 5.91 Å². The summed E-state index contributed by atoms with van der Waals surface area (Å²) in [7, 11) is 0. The zero-order valence-corrected chi connectivity index (χ0v) is 11.7. The van der Waals surface area contributed by atoms with Gasteiger partial charge >= 0.3 is 0 Å². The zero-order valence-electron chi connectivity index (χ0n) is 11.7. The minimum Gasteiger partial charge on any atom is -0.343 e. The summed E-state index contributed by atoms with van der Waals surface area (Å²) in [6.45, 7) is 1.49.